The molecule has 2 aliphatic rings. The van der Waals surface area contributed by atoms with E-state index in [-0.39, 0.29) is 11.7 Å². The molecule has 0 aliphatic carbocycles. The maximum atomic E-state index is 12.5. The molecule has 2 nitrogen and oxygen atoms in total. The first-order chi connectivity index (χ1) is 9.93. The summed E-state index contributed by atoms with van der Waals surface area (Å²) in [6.07, 6.45) is 1.84. The van der Waals surface area contributed by atoms with Gasteiger partial charge in [0.05, 0.1) is 0 Å². The number of halogens is 3. The number of thioether (sulfide) groups is 1. The zero-order valence-electron chi connectivity index (χ0n) is 11.4. The molecular weight excluding hydrogens is 299 g/mol. The standard InChI is InChI=1S/C15H16F3NOS/c16-15(17,18)13-5-4-9(8-19-13)14(20)10-6-11-2-1-3-12(7-10)21-11/h4-5,8,10-12H,1-3,6-7H2. The van der Waals surface area contributed by atoms with Crippen molar-refractivity contribution in [3.05, 3.63) is 29.6 Å². The molecule has 6 heteroatoms. The minimum atomic E-state index is -4.46. The summed E-state index contributed by atoms with van der Waals surface area (Å²) >= 11 is 1.98. The lowest BCUT2D eigenvalue weighted by Gasteiger charge is -2.37. The van der Waals surface area contributed by atoms with Gasteiger partial charge in [-0.3, -0.25) is 9.78 Å². The first-order valence-corrected chi connectivity index (χ1v) is 8.10. The lowest BCUT2D eigenvalue weighted by molar-refractivity contribution is -0.141. The summed E-state index contributed by atoms with van der Waals surface area (Å²) in [5.41, 5.74) is -0.645. The van der Waals surface area contributed by atoms with E-state index in [2.05, 4.69) is 4.98 Å². The summed E-state index contributed by atoms with van der Waals surface area (Å²) in [4.78, 5) is 15.8. The number of aromatic nitrogens is 1. The Morgan fingerprint density at radius 3 is 2.38 bits per heavy atom. The molecule has 0 aromatic carbocycles. The van der Waals surface area contributed by atoms with Crippen LogP contribution in [0.5, 0.6) is 0 Å². The van der Waals surface area contributed by atoms with Crippen LogP contribution in [-0.2, 0) is 6.18 Å². The highest BCUT2D eigenvalue weighted by atomic mass is 32.2. The number of ketones is 1. The average Bonchev–Trinajstić information content (AvgIpc) is 2.45. The Morgan fingerprint density at radius 1 is 1.19 bits per heavy atom. The van der Waals surface area contributed by atoms with Crippen LogP contribution in [0.1, 0.15) is 48.2 Å². The van der Waals surface area contributed by atoms with Crippen molar-refractivity contribution >= 4 is 17.5 Å². The van der Waals surface area contributed by atoms with Crippen LogP contribution in [0.25, 0.3) is 0 Å². The molecule has 0 spiro atoms. The molecule has 1 aromatic rings. The molecule has 0 N–H and O–H groups in total. The summed E-state index contributed by atoms with van der Waals surface area (Å²) in [5, 5.41) is 1.07. The van der Waals surface area contributed by atoms with Crippen LogP contribution >= 0.6 is 11.8 Å². The lowest BCUT2D eigenvalue weighted by atomic mass is 9.85. The topological polar surface area (TPSA) is 30.0 Å². The number of rotatable bonds is 2. The van der Waals surface area contributed by atoms with Crippen molar-refractivity contribution in [2.24, 2.45) is 5.92 Å². The molecule has 21 heavy (non-hydrogen) atoms. The van der Waals surface area contributed by atoms with Crippen LogP contribution in [0.2, 0.25) is 0 Å². The van der Waals surface area contributed by atoms with Gasteiger partial charge in [-0.15, -0.1) is 0 Å². The van der Waals surface area contributed by atoms with Crippen molar-refractivity contribution in [3.8, 4) is 0 Å². The van der Waals surface area contributed by atoms with Crippen molar-refractivity contribution in [2.75, 3.05) is 0 Å². The Hall–Kier alpha value is -1.04. The van der Waals surface area contributed by atoms with E-state index in [0.717, 1.165) is 37.9 Å². The van der Waals surface area contributed by atoms with Gasteiger partial charge < -0.3 is 0 Å². The highest BCUT2D eigenvalue weighted by Crippen LogP contribution is 2.44. The van der Waals surface area contributed by atoms with E-state index in [1.54, 1.807) is 0 Å². The third-order valence-corrected chi connectivity index (χ3v) is 5.87. The maximum Gasteiger partial charge on any atom is 0.433 e. The second-order valence-corrected chi connectivity index (χ2v) is 7.38. The molecule has 2 saturated heterocycles. The van der Waals surface area contributed by atoms with E-state index >= 15 is 0 Å². The number of carbonyl (C=O) groups excluding carboxylic acids is 1. The zero-order valence-corrected chi connectivity index (χ0v) is 12.2. The van der Waals surface area contributed by atoms with Crippen LogP contribution in [0, 0.1) is 5.92 Å². The Balaban J connectivity index is 1.73. The van der Waals surface area contributed by atoms with Gasteiger partial charge in [-0.05, 0) is 37.8 Å². The molecule has 2 atom stereocenters. The monoisotopic (exact) mass is 315 g/mol. The Morgan fingerprint density at radius 2 is 1.86 bits per heavy atom. The van der Waals surface area contributed by atoms with Gasteiger partial charge in [0.25, 0.3) is 0 Å². The summed E-state index contributed by atoms with van der Waals surface area (Å²) in [7, 11) is 0. The molecule has 0 radical (unpaired) electrons. The molecule has 0 amide bonds. The van der Waals surface area contributed by atoms with Gasteiger partial charge in [0.2, 0.25) is 0 Å². The van der Waals surface area contributed by atoms with Gasteiger partial charge in [-0.25, -0.2) is 0 Å². The first kappa shape index (κ1) is 14.9. The van der Waals surface area contributed by atoms with Gasteiger partial charge >= 0.3 is 6.18 Å². The van der Waals surface area contributed by atoms with Crippen molar-refractivity contribution in [2.45, 2.75) is 48.8 Å². The quantitative estimate of drug-likeness (QED) is 0.760. The van der Waals surface area contributed by atoms with Crippen molar-refractivity contribution in [1.29, 1.82) is 0 Å². The number of alkyl halides is 3. The fourth-order valence-electron chi connectivity index (χ4n) is 3.22. The van der Waals surface area contributed by atoms with Gasteiger partial charge in [-0.2, -0.15) is 24.9 Å². The largest absolute Gasteiger partial charge is 0.433 e. The molecule has 3 heterocycles. The molecule has 2 bridgehead atoms. The summed E-state index contributed by atoms with van der Waals surface area (Å²) in [6.45, 7) is 0. The minimum absolute atomic E-state index is 0.0478. The zero-order chi connectivity index (χ0) is 15.0. The SMILES string of the molecule is O=C(c1ccc(C(F)(F)F)nc1)C1CC2CCCC(C1)S2. The van der Waals surface area contributed by atoms with E-state index < -0.39 is 11.9 Å². The number of hydrogen-bond donors (Lipinski definition) is 0. The first-order valence-electron chi connectivity index (χ1n) is 7.16. The highest BCUT2D eigenvalue weighted by molar-refractivity contribution is 8.00. The van der Waals surface area contributed by atoms with Crippen molar-refractivity contribution < 1.29 is 18.0 Å². The number of hydrogen-bond acceptors (Lipinski definition) is 3. The van der Waals surface area contributed by atoms with Crippen LogP contribution in [0.3, 0.4) is 0 Å². The number of fused-ring (bicyclic) bond motifs is 2. The summed E-state index contributed by atoms with van der Waals surface area (Å²) in [6, 6.07) is 2.15. The number of pyridine rings is 1. The third kappa shape index (κ3) is 3.25. The summed E-state index contributed by atoms with van der Waals surface area (Å²) in [5.74, 6) is -0.103. The fourth-order valence-corrected chi connectivity index (χ4v) is 5.05. The van der Waals surface area contributed by atoms with Gasteiger partial charge in [0.15, 0.2) is 5.78 Å². The number of carbonyl (C=O) groups is 1. The lowest BCUT2D eigenvalue weighted by Crippen LogP contribution is -2.33. The van der Waals surface area contributed by atoms with Gasteiger partial charge in [0.1, 0.15) is 5.69 Å². The second-order valence-electron chi connectivity index (χ2n) is 5.77. The normalized spacial score (nSPS) is 29.2. The van der Waals surface area contributed by atoms with Crippen LogP contribution < -0.4 is 0 Å². The third-order valence-electron chi connectivity index (χ3n) is 4.24. The van der Waals surface area contributed by atoms with Gasteiger partial charge in [0, 0.05) is 28.2 Å². The Labute approximate surface area is 125 Å². The minimum Gasteiger partial charge on any atom is -0.294 e. The van der Waals surface area contributed by atoms with Gasteiger partial charge in [-0.1, -0.05) is 6.42 Å². The molecule has 114 valence electrons. The number of Topliss-reactive ketones (excluding diaryl/α,β-unsaturated/α-hetero) is 1. The van der Waals surface area contributed by atoms with Crippen molar-refractivity contribution in [1.82, 2.24) is 4.98 Å². The molecular formula is C15H16F3NOS. The van der Waals surface area contributed by atoms with E-state index in [1.165, 1.54) is 12.5 Å². The molecule has 1 aromatic heterocycles. The molecule has 0 saturated carbocycles. The highest BCUT2D eigenvalue weighted by Gasteiger charge is 2.36. The predicted octanol–water partition coefficient (Wildman–Crippen LogP) is 4.35. The molecule has 2 fully saturated rings. The Bertz CT molecular complexity index is 517. The van der Waals surface area contributed by atoms with Crippen LogP contribution in [-0.4, -0.2) is 21.3 Å². The fraction of sp³-hybridized carbons (Fsp3) is 0.600. The molecule has 3 rings (SSSR count). The average molecular weight is 315 g/mol. The molecule has 2 aliphatic heterocycles. The summed E-state index contributed by atoms with van der Waals surface area (Å²) < 4.78 is 37.4. The van der Waals surface area contributed by atoms with Crippen LogP contribution in [0.4, 0.5) is 13.2 Å². The second kappa shape index (κ2) is 5.63. The Kier molecular flexibility index (Phi) is 3.99. The smallest absolute Gasteiger partial charge is 0.294 e. The van der Waals surface area contributed by atoms with E-state index in [0.29, 0.717) is 16.1 Å². The van der Waals surface area contributed by atoms with Crippen molar-refractivity contribution in [3.63, 3.8) is 0 Å². The van der Waals surface area contributed by atoms with Crippen LogP contribution in [0.15, 0.2) is 18.3 Å². The van der Waals surface area contributed by atoms with E-state index in [1.807, 2.05) is 11.8 Å². The molecule has 2 unspecified atom stereocenters. The van der Waals surface area contributed by atoms with E-state index in [9.17, 15) is 18.0 Å². The predicted molar refractivity (Wildman–Crippen MR) is 75.3 cm³/mol. The maximum absolute atomic E-state index is 12.5. The van der Waals surface area contributed by atoms with E-state index in [4.69, 9.17) is 0 Å². The number of nitrogens with zero attached hydrogens (tertiary/aromatic N) is 1.